The van der Waals surface area contributed by atoms with Gasteiger partial charge in [-0.2, -0.15) is 11.8 Å². The van der Waals surface area contributed by atoms with Crippen LogP contribution >= 0.6 is 24.2 Å². The Labute approximate surface area is 164 Å². The average molecular weight is 402 g/mol. The second-order valence-corrected chi connectivity index (χ2v) is 7.61. The van der Waals surface area contributed by atoms with E-state index in [9.17, 15) is 14.0 Å². The Morgan fingerprint density at radius 2 is 1.77 bits per heavy atom. The predicted molar refractivity (Wildman–Crippen MR) is 104 cm³/mol. The minimum Gasteiger partial charge on any atom is -0.339 e. The van der Waals surface area contributed by atoms with Crippen LogP contribution in [0.2, 0.25) is 0 Å². The lowest BCUT2D eigenvalue weighted by molar-refractivity contribution is -0.139. The highest BCUT2D eigenvalue weighted by molar-refractivity contribution is 7.99. The fourth-order valence-electron chi connectivity index (χ4n) is 3.21. The summed E-state index contributed by atoms with van der Waals surface area (Å²) in [6.07, 6.45) is 0.597. The molecule has 0 aliphatic carbocycles. The van der Waals surface area contributed by atoms with Crippen LogP contribution in [-0.2, 0) is 16.0 Å². The van der Waals surface area contributed by atoms with Gasteiger partial charge >= 0.3 is 0 Å². The van der Waals surface area contributed by atoms with E-state index in [-0.39, 0.29) is 42.5 Å². The molecule has 2 aliphatic rings. The molecule has 0 aromatic heterocycles. The van der Waals surface area contributed by atoms with Crippen molar-refractivity contribution in [2.75, 3.05) is 44.2 Å². The zero-order valence-corrected chi connectivity index (χ0v) is 16.3. The Kier molecular flexibility index (Phi) is 8.18. The lowest BCUT2D eigenvalue weighted by Crippen LogP contribution is -2.52. The number of halogens is 2. The third kappa shape index (κ3) is 5.59. The second kappa shape index (κ2) is 10.1. The number of rotatable bonds is 4. The molecule has 2 fully saturated rings. The molecule has 2 saturated heterocycles. The Bertz CT molecular complexity index is 620. The van der Waals surface area contributed by atoms with Crippen molar-refractivity contribution in [2.45, 2.75) is 18.9 Å². The maximum absolute atomic E-state index is 13.7. The Morgan fingerprint density at radius 3 is 2.38 bits per heavy atom. The van der Waals surface area contributed by atoms with Crippen LogP contribution in [0.1, 0.15) is 12.0 Å². The fourth-order valence-corrected chi connectivity index (χ4v) is 4.16. The van der Waals surface area contributed by atoms with Gasteiger partial charge in [-0.15, -0.1) is 12.4 Å². The molecule has 0 bridgehead atoms. The highest BCUT2D eigenvalue weighted by Crippen LogP contribution is 2.14. The SMILES string of the molecule is Cl.O=C(Cc1ccccc1F)N1CCN(C(=O)CC2CSCCN2)CC1. The number of hydrogen-bond donors (Lipinski definition) is 1. The van der Waals surface area contributed by atoms with Crippen molar-refractivity contribution in [1.29, 1.82) is 0 Å². The van der Waals surface area contributed by atoms with Gasteiger partial charge in [0.25, 0.3) is 0 Å². The van der Waals surface area contributed by atoms with Crippen LogP contribution in [0, 0.1) is 5.82 Å². The number of nitrogens with one attached hydrogen (secondary N) is 1. The van der Waals surface area contributed by atoms with Gasteiger partial charge in [0.2, 0.25) is 11.8 Å². The van der Waals surface area contributed by atoms with Gasteiger partial charge in [0.05, 0.1) is 6.42 Å². The second-order valence-electron chi connectivity index (χ2n) is 6.46. The summed E-state index contributed by atoms with van der Waals surface area (Å²) in [7, 11) is 0. The molecule has 1 aromatic rings. The lowest BCUT2D eigenvalue weighted by Gasteiger charge is -2.36. The molecule has 0 spiro atoms. The standard InChI is InChI=1S/C18H24FN3O2S.ClH/c19-16-4-2-1-3-14(16)11-17(23)21-6-8-22(9-7-21)18(24)12-15-13-25-10-5-20-15;/h1-4,15,20H,5-13H2;1H. The van der Waals surface area contributed by atoms with Crippen LogP contribution < -0.4 is 5.32 Å². The van der Waals surface area contributed by atoms with Crippen LogP contribution in [0.4, 0.5) is 4.39 Å². The maximum atomic E-state index is 13.7. The number of thioether (sulfide) groups is 1. The van der Waals surface area contributed by atoms with Crippen molar-refractivity contribution in [3.8, 4) is 0 Å². The van der Waals surface area contributed by atoms with Crippen molar-refractivity contribution < 1.29 is 14.0 Å². The third-order valence-electron chi connectivity index (χ3n) is 4.70. The summed E-state index contributed by atoms with van der Waals surface area (Å²) in [6, 6.07) is 6.62. The van der Waals surface area contributed by atoms with E-state index in [1.165, 1.54) is 6.07 Å². The quantitative estimate of drug-likeness (QED) is 0.831. The van der Waals surface area contributed by atoms with Gasteiger partial charge < -0.3 is 15.1 Å². The first-order valence-corrected chi connectivity index (χ1v) is 9.89. The Hall–Kier alpha value is -1.31. The summed E-state index contributed by atoms with van der Waals surface area (Å²) in [4.78, 5) is 28.3. The number of carbonyl (C=O) groups is 2. The molecular weight excluding hydrogens is 377 g/mol. The molecule has 26 heavy (non-hydrogen) atoms. The predicted octanol–water partition coefficient (Wildman–Crippen LogP) is 1.56. The topological polar surface area (TPSA) is 52.7 Å². The number of nitrogens with zero attached hydrogens (tertiary/aromatic N) is 2. The highest BCUT2D eigenvalue weighted by atomic mass is 35.5. The van der Waals surface area contributed by atoms with E-state index < -0.39 is 0 Å². The molecule has 5 nitrogen and oxygen atoms in total. The maximum Gasteiger partial charge on any atom is 0.227 e. The van der Waals surface area contributed by atoms with Crippen molar-refractivity contribution in [3.63, 3.8) is 0 Å². The van der Waals surface area contributed by atoms with Crippen LogP contribution in [0.5, 0.6) is 0 Å². The van der Waals surface area contributed by atoms with Gasteiger partial charge in [0, 0.05) is 56.7 Å². The molecule has 8 heteroatoms. The molecule has 0 radical (unpaired) electrons. The zero-order chi connectivity index (χ0) is 17.6. The first-order valence-electron chi connectivity index (χ1n) is 8.73. The Morgan fingerprint density at radius 1 is 1.12 bits per heavy atom. The van der Waals surface area contributed by atoms with Gasteiger partial charge in [-0.25, -0.2) is 4.39 Å². The minimum atomic E-state index is -0.345. The molecule has 2 amide bonds. The van der Waals surface area contributed by atoms with E-state index >= 15 is 0 Å². The fraction of sp³-hybridized carbons (Fsp3) is 0.556. The van der Waals surface area contributed by atoms with Gasteiger partial charge in [-0.05, 0) is 11.6 Å². The molecule has 2 heterocycles. The van der Waals surface area contributed by atoms with Gasteiger partial charge in [-0.3, -0.25) is 9.59 Å². The van der Waals surface area contributed by atoms with Crippen LogP contribution in [0.15, 0.2) is 24.3 Å². The third-order valence-corrected chi connectivity index (χ3v) is 5.83. The molecule has 0 saturated carbocycles. The van der Waals surface area contributed by atoms with Crippen molar-refractivity contribution in [1.82, 2.24) is 15.1 Å². The Balaban J connectivity index is 0.00000243. The molecule has 144 valence electrons. The summed E-state index contributed by atoms with van der Waals surface area (Å²) in [5, 5.41) is 3.38. The van der Waals surface area contributed by atoms with E-state index in [1.54, 1.807) is 23.1 Å². The van der Waals surface area contributed by atoms with Crippen LogP contribution in [-0.4, -0.2) is 71.9 Å². The van der Waals surface area contributed by atoms with Gasteiger partial charge in [-0.1, -0.05) is 18.2 Å². The summed E-state index contributed by atoms with van der Waals surface area (Å²) in [6.45, 7) is 3.11. The first kappa shape index (κ1) is 21.0. The van der Waals surface area contributed by atoms with E-state index in [0.29, 0.717) is 38.2 Å². The lowest BCUT2D eigenvalue weighted by atomic mass is 10.1. The number of amides is 2. The largest absolute Gasteiger partial charge is 0.339 e. The first-order chi connectivity index (χ1) is 12.1. The van der Waals surface area contributed by atoms with E-state index in [1.807, 2.05) is 16.7 Å². The molecule has 1 unspecified atom stereocenters. The number of hydrogen-bond acceptors (Lipinski definition) is 4. The molecule has 1 aromatic carbocycles. The van der Waals surface area contributed by atoms with Crippen molar-refractivity contribution in [3.05, 3.63) is 35.6 Å². The summed E-state index contributed by atoms with van der Waals surface area (Å²) in [5.41, 5.74) is 0.423. The molecule has 1 atom stereocenters. The summed E-state index contributed by atoms with van der Waals surface area (Å²) >= 11 is 1.88. The molecule has 2 aliphatic heterocycles. The van der Waals surface area contributed by atoms with E-state index in [4.69, 9.17) is 0 Å². The van der Waals surface area contributed by atoms with Crippen LogP contribution in [0.25, 0.3) is 0 Å². The molecule has 3 rings (SSSR count). The number of carbonyl (C=O) groups excluding carboxylic acids is 2. The normalized spacial score (nSPS) is 20.4. The number of piperazine rings is 1. The van der Waals surface area contributed by atoms with Gasteiger partial charge in [0.1, 0.15) is 5.82 Å². The van der Waals surface area contributed by atoms with Crippen molar-refractivity contribution in [2.24, 2.45) is 0 Å². The van der Waals surface area contributed by atoms with Crippen LogP contribution in [0.3, 0.4) is 0 Å². The zero-order valence-electron chi connectivity index (χ0n) is 14.7. The average Bonchev–Trinajstić information content (AvgIpc) is 2.64. The summed E-state index contributed by atoms with van der Waals surface area (Å²) < 4.78 is 13.7. The van der Waals surface area contributed by atoms with E-state index in [0.717, 1.165) is 18.1 Å². The minimum absolute atomic E-state index is 0. The van der Waals surface area contributed by atoms with E-state index in [2.05, 4.69) is 5.32 Å². The highest BCUT2D eigenvalue weighted by Gasteiger charge is 2.26. The molecular formula is C18H25ClFN3O2S. The molecule has 1 N–H and O–H groups in total. The van der Waals surface area contributed by atoms with Gasteiger partial charge in [0.15, 0.2) is 0 Å². The summed E-state index contributed by atoms with van der Waals surface area (Å²) in [5.74, 6) is 1.81. The smallest absolute Gasteiger partial charge is 0.227 e. The van der Waals surface area contributed by atoms with Crippen molar-refractivity contribution >= 4 is 36.0 Å². The monoisotopic (exact) mass is 401 g/mol. The number of benzene rings is 1.